The molecule has 2 heterocycles. The zero-order chi connectivity index (χ0) is 50.0. The Morgan fingerprint density at radius 3 is 1.61 bits per heavy atom. The summed E-state index contributed by atoms with van der Waals surface area (Å²) in [6, 6.07) is 29.2. The zero-order valence-electron chi connectivity index (χ0n) is 46.3. The van der Waals surface area contributed by atoms with Crippen LogP contribution in [0.25, 0.3) is 11.1 Å². The Bertz CT molecular complexity index is 3150. The summed E-state index contributed by atoms with van der Waals surface area (Å²) in [5.41, 5.74) is 19.6. The molecule has 0 saturated heterocycles. The smallest absolute Gasteiger partial charge is 0.252 e. The molecule has 0 spiro atoms. The maximum atomic E-state index is 9.42. The van der Waals surface area contributed by atoms with E-state index < -0.39 is 6.04 Å². The summed E-state index contributed by atoms with van der Waals surface area (Å²) >= 11 is 0. The summed E-state index contributed by atoms with van der Waals surface area (Å²) in [6.07, 6.45) is 4.50. The fraction of sp³-hybridized carbons (Fsp3) is 0.410. The lowest BCUT2D eigenvalue weighted by atomic mass is 9.33. The van der Waals surface area contributed by atoms with E-state index in [4.69, 9.17) is 4.11 Å². The van der Waals surface area contributed by atoms with E-state index in [0.29, 0.717) is 5.56 Å². The van der Waals surface area contributed by atoms with Gasteiger partial charge in [-0.05, 0) is 175 Å². The normalized spacial score (nSPS) is 19.8. The molecule has 0 amide bonds. The molecule has 0 N–H and O–H groups in total. The Hall–Kier alpha value is -5.02. The van der Waals surface area contributed by atoms with E-state index in [9.17, 15) is 2.74 Å². The van der Waals surface area contributed by atoms with Gasteiger partial charge in [-0.15, -0.1) is 0 Å². The van der Waals surface area contributed by atoms with Crippen LogP contribution in [0.3, 0.4) is 0 Å². The van der Waals surface area contributed by atoms with E-state index in [-0.39, 0.29) is 68.9 Å². The van der Waals surface area contributed by atoms with Crippen molar-refractivity contribution < 1.29 is 6.85 Å². The van der Waals surface area contributed by atoms with E-state index in [0.717, 1.165) is 65.2 Å². The second-order valence-electron chi connectivity index (χ2n) is 24.5. The average Bonchev–Trinajstić information content (AvgIpc) is 3.27. The first kappa shape index (κ1) is 37.2. The molecule has 4 aliphatic rings. The minimum absolute atomic E-state index is 0.00659. The molecule has 2 nitrogen and oxygen atoms in total. The predicted octanol–water partition coefficient (Wildman–Crippen LogP) is 15.0. The van der Waals surface area contributed by atoms with Gasteiger partial charge in [0.1, 0.15) is 0 Å². The van der Waals surface area contributed by atoms with Gasteiger partial charge in [0.05, 0.1) is 12.5 Å². The first-order chi connectivity index (χ1) is 31.9. The third kappa shape index (κ3) is 6.64. The highest BCUT2D eigenvalue weighted by Gasteiger charge is 2.47. The Kier molecular flexibility index (Phi) is 8.14. The third-order valence-corrected chi connectivity index (χ3v) is 16.0. The fourth-order valence-electron chi connectivity index (χ4n) is 11.7. The van der Waals surface area contributed by atoms with Crippen LogP contribution in [0.2, 0.25) is 0 Å². The van der Waals surface area contributed by atoms with Gasteiger partial charge < -0.3 is 9.80 Å². The average molecular weight is 848 g/mol. The van der Waals surface area contributed by atoms with Crippen molar-refractivity contribution in [1.29, 1.82) is 0 Å². The van der Waals surface area contributed by atoms with Crippen molar-refractivity contribution in [2.75, 3.05) is 9.80 Å². The zero-order valence-corrected chi connectivity index (χ0v) is 41.3. The van der Waals surface area contributed by atoms with Crippen LogP contribution in [0.4, 0.5) is 34.1 Å². The van der Waals surface area contributed by atoms with E-state index in [2.05, 4.69) is 193 Å². The number of anilines is 6. The quantitative estimate of drug-likeness (QED) is 0.163. The monoisotopic (exact) mass is 848 g/mol. The summed E-state index contributed by atoms with van der Waals surface area (Å²) in [6.45, 7) is 34.7. The number of aryl methyl sites for hydroxylation is 1. The van der Waals surface area contributed by atoms with Crippen molar-refractivity contribution in [1.82, 2.24) is 0 Å². The Balaban J connectivity index is 1.36. The molecule has 3 heteroatoms. The van der Waals surface area contributed by atoms with Crippen molar-refractivity contribution >= 4 is 57.2 Å². The first-order valence-corrected chi connectivity index (χ1v) is 23.9. The summed E-state index contributed by atoms with van der Waals surface area (Å²) in [7, 11) is 0. The summed E-state index contributed by atoms with van der Waals surface area (Å²) in [4.78, 5) is 4.96. The number of hydrogen-bond acceptors (Lipinski definition) is 2. The molecule has 0 fully saturated rings. The maximum absolute atomic E-state index is 9.42. The molecule has 6 aromatic carbocycles. The minimum Gasteiger partial charge on any atom is -0.311 e. The van der Waals surface area contributed by atoms with Gasteiger partial charge in [0, 0.05) is 34.0 Å². The van der Waals surface area contributed by atoms with Crippen LogP contribution in [0.15, 0.2) is 109 Å². The van der Waals surface area contributed by atoms with E-state index in [1.54, 1.807) is 0 Å². The molecular weight excluding hydrogens is 771 g/mol. The first-order valence-electron chi connectivity index (χ1n) is 26.4. The molecule has 328 valence electrons. The van der Waals surface area contributed by atoms with Crippen LogP contribution >= 0.6 is 0 Å². The molecule has 10 rings (SSSR count). The Labute approximate surface area is 393 Å². The molecule has 0 atom stereocenters. The minimum atomic E-state index is -0.391. The van der Waals surface area contributed by atoms with Gasteiger partial charge in [0.2, 0.25) is 0 Å². The lowest BCUT2D eigenvalue weighted by Crippen LogP contribution is -2.62. The van der Waals surface area contributed by atoms with E-state index in [1.807, 2.05) is 0 Å². The highest BCUT2D eigenvalue weighted by atomic mass is 15.2. The van der Waals surface area contributed by atoms with Gasteiger partial charge in [-0.2, -0.15) is 0 Å². The van der Waals surface area contributed by atoms with Crippen molar-refractivity contribution in [2.24, 2.45) is 0 Å². The summed E-state index contributed by atoms with van der Waals surface area (Å²) in [5, 5.41) is 0. The molecule has 2 aliphatic heterocycles. The van der Waals surface area contributed by atoms with Crippen LogP contribution in [0.5, 0.6) is 0 Å². The summed E-state index contributed by atoms with van der Waals surface area (Å²) in [5.74, 6) is 0. The topological polar surface area (TPSA) is 6.48 Å². The largest absolute Gasteiger partial charge is 0.311 e. The number of rotatable bonds is 3. The Morgan fingerprint density at radius 2 is 1.00 bits per heavy atom. The van der Waals surface area contributed by atoms with Crippen molar-refractivity contribution in [3.8, 4) is 11.1 Å². The number of benzene rings is 6. The Morgan fingerprint density at radius 1 is 0.484 bits per heavy atom. The van der Waals surface area contributed by atoms with Gasteiger partial charge >= 0.3 is 0 Å². The van der Waals surface area contributed by atoms with Gasteiger partial charge in [-0.3, -0.25) is 0 Å². The highest BCUT2D eigenvalue weighted by molar-refractivity contribution is 7.00. The van der Waals surface area contributed by atoms with Gasteiger partial charge in [0.15, 0.2) is 0 Å². The van der Waals surface area contributed by atoms with Gasteiger partial charge in [-0.1, -0.05) is 157 Å². The number of fused-ring (bicyclic) bond motifs is 6. The van der Waals surface area contributed by atoms with Crippen LogP contribution in [0.1, 0.15) is 168 Å². The molecule has 0 aromatic heterocycles. The molecule has 0 unspecified atom stereocenters. The van der Waals surface area contributed by atoms with E-state index in [1.165, 1.54) is 49.9 Å². The van der Waals surface area contributed by atoms with Crippen LogP contribution in [0, 0.1) is 6.92 Å². The molecule has 0 bridgehead atoms. The standard InChI is InChI=1S/C61H71BN2/c1-38-31-53-55-54(32-38)64(50-26-22-40(56(2,3)4)33-43(50)39-19-17-16-18-20-39)51-34-41(57(5,6)7)21-25-48(51)62(55)49-36-46-47(61(14,15)30-29-60(46,12)13)37-52(49)63(53)42-23-24-44-45(35-42)59(10,11)28-27-58(44,8)9/h16-26,31-37H,27-30H2,1-15H3/i16D,17D,18D,19D,20D. The summed E-state index contributed by atoms with van der Waals surface area (Å²) < 4.78 is 45.2. The molecule has 0 radical (unpaired) electrons. The predicted molar refractivity (Wildman–Crippen MR) is 279 cm³/mol. The maximum Gasteiger partial charge on any atom is 0.252 e. The molecule has 6 aromatic rings. The van der Waals surface area contributed by atoms with Crippen molar-refractivity contribution in [3.63, 3.8) is 0 Å². The molecule has 2 aliphatic carbocycles. The van der Waals surface area contributed by atoms with Crippen LogP contribution < -0.4 is 26.2 Å². The van der Waals surface area contributed by atoms with Crippen LogP contribution in [-0.2, 0) is 32.5 Å². The molecular formula is C61H71BN2. The fourth-order valence-corrected chi connectivity index (χ4v) is 11.7. The highest BCUT2D eigenvalue weighted by Crippen LogP contribution is 2.53. The third-order valence-electron chi connectivity index (χ3n) is 16.0. The molecule has 0 saturated carbocycles. The SMILES string of the molecule is [2H]c1c([2H])c([2H])c(-c2cc(C(C)(C)C)ccc2N2c3cc(C(C)(C)C)ccc3B3c4cc5c(cc4N(c4ccc6c(c4)C(C)(C)CCC6(C)C)c4cc(C)cc2c43)C(C)(C)CCC5(C)C)c([2H])c1[2H]. The van der Waals surface area contributed by atoms with Crippen molar-refractivity contribution in [3.05, 3.63) is 148 Å². The van der Waals surface area contributed by atoms with Gasteiger partial charge in [-0.25, -0.2) is 0 Å². The number of nitrogens with zero attached hydrogens (tertiary/aromatic N) is 2. The van der Waals surface area contributed by atoms with Gasteiger partial charge in [0.25, 0.3) is 6.71 Å². The number of hydrogen-bond donors (Lipinski definition) is 0. The second kappa shape index (κ2) is 14.0. The second-order valence-corrected chi connectivity index (χ2v) is 24.5. The van der Waals surface area contributed by atoms with E-state index >= 15 is 0 Å². The lowest BCUT2D eigenvalue weighted by Gasteiger charge is -2.48. The molecule has 64 heavy (non-hydrogen) atoms. The lowest BCUT2D eigenvalue weighted by molar-refractivity contribution is 0.332. The van der Waals surface area contributed by atoms with Crippen molar-refractivity contribution in [2.45, 2.75) is 162 Å². The van der Waals surface area contributed by atoms with Crippen LogP contribution in [-0.4, -0.2) is 6.71 Å².